The minimum Gasteiger partial charge on any atom is -0.393 e. The minimum absolute atomic E-state index is 0.255. The Morgan fingerprint density at radius 1 is 1.46 bits per heavy atom. The van der Waals surface area contributed by atoms with Gasteiger partial charge in [-0.2, -0.15) is 0 Å². The van der Waals surface area contributed by atoms with E-state index in [4.69, 9.17) is 14.2 Å². The lowest BCUT2D eigenvalue weighted by Gasteiger charge is -2.27. The van der Waals surface area contributed by atoms with E-state index in [9.17, 15) is 10.2 Å². The first kappa shape index (κ1) is 9.36. The summed E-state index contributed by atoms with van der Waals surface area (Å²) < 4.78 is 15.9. The minimum atomic E-state index is -1.11. The van der Waals surface area contributed by atoms with Crippen molar-refractivity contribution >= 4 is 0 Å². The van der Waals surface area contributed by atoms with Gasteiger partial charge in [0.25, 0.3) is 0 Å². The highest BCUT2D eigenvalue weighted by molar-refractivity contribution is 5.02. The third kappa shape index (κ3) is 1.19. The highest BCUT2D eigenvalue weighted by Gasteiger charge is 2.61. The molecule has 0 bridgehead atoms. The van der Waals surface area contributed by atoms with E-state index in [0.717, 1.165) is 0 Å². The van der Waals surface area contributed by atoms with Crippen LogP contribution in [-0.4, -0.2) is 47.2 Å². The Morgan fingerprint density at radius 2 is 2.15 bits per heavy atom. The second kappa shape index (κ2) is 2.65. The molecule has 0 amide bonds. The summed E-state index contributed by atoms with van der Waals surface area (Å²) in [4.78, 5) is 0. The quantitative estimate of drug-likeness (QED) is 0.567. The van der Waals surface area contributed by atoms with E-state index >= 15 is 0 Å². The molecule has 5 nitrogen and oxygen atoms in total. The van der Waals surface area contributed by atoms with Crippen molar-refractivity contribution in [2.45, 2.75) is 37.6 Å². The van der Waals surface area contributed by atoms with E-state index in [1.54, 1.807) is 13.8 Å². The summed E-state index contributed by atoms with van der Waals surface area (Å²) in [5, 5.41) is 18.7. The van der Waals surface area contributed by atoms with Crippen molar-refractivity contribution in [1.29, 1.82) is 0 Å². The maximum atomic E-state index is 9.49. The van der Waals surface area contributed by atoms with Gasteiger partial charge in [0.15, 0.2) is 17.7 Å². The van der Waals surface area contributed by atoms with Crippen LogP contribution in [0.2, 0.25) is 0 Å². The van der Waals surface area contributed by atoms with Crippen molar-refractivity contribution in [2.75, 3.05) is 13.2 Å². The van der Waals surface area contributed by atoms with Crippen molar-refractivity contribution in [3.8, 4) is 0 Å². The van der Waals surface area contributed by atoms with E-state index in [-0.39, 0.29) is 19.3 Å². The maximum Gasteiger partial charge on any atom is 0.189 e. The summed E-state index contributed by atoms with van der Waals surface area (Å²) in [5.41, 5.74) is -1.09. The molecule has 0 unspecified atom stereocenters. The molecule has 2 saturated heterocycles. The molecule has 2 N–H and O–H groups in total. The predicted octanol–water partition coefficient (Wildman–Crippen LogP) is -0.782. The number of hydrogen-bond donors (Lipinski definition) is 2. The number of rotatable bonds is 1. The SMILES string of the molecule is CC1(C)O[C@@H]2CO[C@H](O)[C@]2(CO)O1. The average molecular weight is 190 g/mol. The highest BCUT2D eigenvalue weighted by Crippen LogP contribution is 2.42. The van der Waals surface area contributed by atoms with Crippen LogP contribution in [0.1, 0.15) is 13.8 Å². The second-order valence-electron chi connectivity index (χ2n) is 3.91. The zero-order valence-electron chi connectivity index (χ0n) is 7.69. The van der Waals surface area contributed by atoms with Crippen molar-refractivity contribution in [1.82, 2.24) is 0 Å². The van der Waals surface area contributed by atoms with Crippen LogP contribution < -0.4 is 0 Å². The van der Waals surface area contributed by atoms with Gasteiger partial charge in [0, 0.05) is 0 Å². The Hall–Kier alpha value is -0.200. The molecule has 0 aromatic carbocycles. The second-order valence-corrected chi connectivity index (χ2v) is 3.91. The van der Waals surface area contributed by atoms with Gasteiger partial charge in [-0.1, -0.05) is 0 Å². The lowest BCUT2D eigenvalue weighted by atomic mass is 10.0. The fourth-order valence-corrected chi connectivity index (χ4v) is 1.91. The molecule has 0 saturated carbocycles. The maximum absolute atomic E-state index is 9.49. The standard InChI is InChI=1S/C8H14O5/c1-7(2)12-5-3-11-6(10)8(5,4-9)13-7/h5-6,9-10H,3-4H2,1-2H3/t5-,6+,8-/m1/s1. The number of hydrogen-bond acceptors (Lipinski definition) is 5. The summed E-state index contributed by atoms with van der Waals surface area (Å²) >= 11 is 0. The summed E-state index contributed by atoms with van der Waals surface area (Å²) in [6, 6.07) is 0. The first-order chi connectivity index (χ1) is 6.00. The zero-order valence-corrected chi connectivity index (χ0v) is 7.69. The molecule has 13 heavy (non-hydrogen) atoms. The van der Waals surface area contributed by atoms with Crippen molar-refractivity contribution in [2.24, 2.45) is 0 Å². The third-order valence-electron chi connectivity index (χ3n) is 2.48. The van der Waals surface area contributed by atoms with Crippen molar-refractivity contribution < 1.29 is 24.4 Å². The third-order valence-corrected chi connectivity index (χ3v) is 2.48. The molecule has 0 aromatic rings. The topological polar surface area (TPSA) is 68.2 Å². The first-order valence-corrected chi connectivity index (χ1v) is 4.29. The molecular weight excluding hydrogens is 176 g/mol. The van der Waals surface area contributed by atoms with Crippen molar-refractivity contribution in [3.63, 3.8) is 0 Å². The zero-order chi connectivity index (χ0) is 9.69. The molecule has 2 fully saturated rings. The van der Waals surface area contributed by atoms with Gasteiger partial charge in [-0.05, 0) is 13.8 Å². The van der Waals surface area contributed by atoms with Gasteiger partial charge in [0.2, 0.25) is 0 Å². The summed E-state index contributed by atoms with van der Waals surface area (Å²) in [5.74, 6) is -0.766. The van der Waals surface area contributed by atoms with Gasteiger partial charge in [-0.25, -0.2) is 0 Å². The highest BCUT2D eigenvalue weighted by atomic mass is 16.8. The Morgan fingerprint density at radius 3 is 2.69 bits per heavy atom. The predicted molar refractivity (Wildman–Crippen MR) is 41.8 cm³/mol. The van der Waals surface area contributed by atoms with Gasteiger partial charge in [-0.15, -0.1) is 0 Å². The van der Waals surface area contributed by atoms with Crippen LogP contribution in [0.3, 0.4) is 0 Å². The molecule has 2 aliphatic rings. The van der Waals surface area contributed by atoms with Gasteiger partial charge in [0.1, 0.15) is 6.10 Å². The van der Waals surface area contributed by atoms with Crippen molar-refractivity contribution in [3.05, 3.63) is 0 Å². The average Bonchev–Trinajstić information content (AvgIpc) is 2.46. The summed E-state index contributed by atoms with van der Waals surface area (Å²) in [7, 11) is 0. The van der Waals surface area contributed by atoms with Crippen LogP contribution >= 0.6 is 0 Å². The normalized spacial score (nSPS) is 48.0. The lowest BCUT2D eigenvalue weighted by Crippen LogP contribution is -2.49. The fourth-order valence-electron chi connectivity index (χ4n) is 1.91. The molecule has 5 heteroatoms. The molecular formula is C8H14O5. The molecule has 0 spiro atoms. The molecule has 0 radical (unpaired) electrons. The van der Waals surface area contributed by atoms with Gasteiger partial charge in [0.05, 0.1) is 13.2 Å². The Kier molecular flexibility index (Phi) is 1.91. The monoisotopic (exact) mass is 190 g/mol. The molecule has 2 heterocycles. The number of aliphatic hydroxyl groups is 2. The van der Waals surface area contributed by atoms with Crippen LogP contribution in [-0.2, 0) is 14.2 Å². The smallest absolute Gasteiger partial charge is 0.189 e. The molecule has 3 atom stereocenters. The van der Waals surface area contributed by atoms with Gasteiger partial charge >= 0.3 is 0 Å². The van der Waals surface area contributed by atoms with Crippen LogP contribution in [0.5, 0.6) is 0 Å². The fraction of sp³-hybridized carbons (Fsp3) is 1.00. The number of aliphatic hydroxyl groups excluding tert-OH is 2. The van der Waals surface area contributed by atoms with Crippen LogP contribution in [0.4, 0.5) is 0 Å². The first-order valence-electron chi connectivity index (χ1n) is 4.29. The van der Waals surface area contributed by atoms with Gasteiger partial charge in [-0.3, -0.25) is 0 Å². The Bertz CT molecular complexity index is 217. The number of fused-ring (bicyclic) bond motifs is 1. The summed E-state index contributed by atoms with van der Waals surface area (Å²) in [6.45, 7) is 3.44. The van der Waals surface area contributed by atoms with E-state index in [2.05, 4.69) is 0 Å². The van der Waals surface area contributed by atoms with E-state index in [1.807, 2.05) is 0 Å². The lowest BCUT2D eigenvalue weighted by molar-refractivity contribution is -0.243. The van der Waals surface area contributed by atoms with Gasteiger partial charge < -0.3 is 24.4 Å². The molecule has 0 aliphatic carbocycles. The van der Waals surface area contributed by atoms with Crippen LogP contribution in [0.15, 0.2) is 0 Å². The van der Waals surface area contributed by atoms with E-state index in [1.165, 1.54) is 0 Å². The van der Waals surface area contributed by atoms with E-state index in [0.29, 0.717) is 0 Å². The summed E-state index contributed by atoms with van der Waals surface area (Å²) in [6.07, 6.45) is -1.49. The molecule has 2 aliphatic heterocycles. The van der Waals surface area contributed by atoms with E-state index < -0.39 is 17.7 Å². The Labute approximate surface area is 76.2 Å². The molecule has 0 aromatic heterocycles. The van der Waals surface area contributed by atoms with Crippen LogP contribution in [0, 0.1) is 0 Å². The van der Waals surface area contributed by atoms with Crippen LogP contribution in [0.25, 0.3) is 0 Å². The number of ether oxygens (including phenoxy) is 3. The molecule has 2 rings (SSSR count). The largest absolute Gasteiger partial charge is 0.393 e. The Balaban J connectivity index is 2.26. The molecule has 76 valence electrons.